The number of benzene rings is 1. The Morgan fingerprint density at radius 2 is 1.91 bits per heavy atom. The molecule has 1 unspecified atom stereocenters. The first-order valence-corrected chi connectivity index (χ1v) is 4.66. The lowest BCUT2D eigenvalue weighted by Crippen LogP contribution is -1.83. The molecule has 0 amide bonds. The number of hydrogen-bond acceptors (Lipinski definition) is 0. The van der Waals surface area contributed by atoms with Gasteiger partial charge in [0.1, 0.15) is 5.38 Å². The molecule has 1 aromatic carbocycles. The van der Waals surface area contributed by atoms with Gasteiger partial charge in [0.15, 0.2) is 0 Å². The zero-order chi connectivity index (χ0) is 8.10. The second-order valence-corrected chi connectivity index (χ2v) is 2.99. The van der Waals surface area contributed by atoms with Crippen molar-refractivity contribution in [1.82, 2.24) is 0 Å². The molecule has 0 radical (unpaired) electrons. The fourth-order valence-corrected chi connectivity index (χ4v) is 1.45. The van der Waals surface area contributed by atoms with Crippen molar-refractivity contribution < 1.29 is 0 Å². The van der Waals surface area contributed by atoms with Crippen LogP contribution in [0.25, 0.3) is 0 Å². The van der Waals surface area contributed by atoms with Crippen molar-refractivity contribution in [3.05, 3.63) is 35.9 Å². The van der Waals surface area contributed by atoms with Gasteiger partial charge in [0.25, 0.3) is 0 Å². The Balaban J connectivity index is 2.82. The Bertz CT molecular complexity index is 271. The fourth-order valence-electron chi connectivity index (χ4n) is 0.753. The van der Waals surface area contributed by atoms with E-state index >= 15 is 0 Å². The Labute approximate surface area is 85.1 Å². The van der Waals surface area contributed by atoms with Gasteiger partial charge in [-0.3, -0.25) is 0 Å². The van der Waals surface area contributed by atoms with E-state index in [1.165, 1.54) is 0 Å². The standard InChI is InChI=1S/C9H6ClI/c10-9(6-7-11)8-4-2-1-3-5-8/h1-5,9H. The van der Waals surface area contributed by atoms with E-state index in [1.807, 2.05) is 52.9 Å². The smallest absolute Gasteiger partial charge is 0.103 e. The average Bonchev–Trinajstić information content (AvgIpc) is 2.07. The predicted molar refractivity (Wildman–Crippen MR) is 56.8 cm³/mol. The summed E-state index contributed by atoms with van der Waals surface area (Å²) in [6.07, 6.45) is 0. The Kier molecular flexibility index (Phi) is 3.74. The van der Waals surface area contributed by atoms with Gasteiger partial charge in [0.2, 0.25) is 0 Å². The molecule has 0 aliphatic rings. The molecule has 1 atom stereocenters. The Hall–Kier alpha value is -0.200. The van der Waals surface area contributed by atoms with E-state index in [2.05, 4.69) is 9.85 Å². The zero-order valence-electron chi connectivity index (χ0n) is 5.72. The van der Waals surface area contributed by atoms with Crippen LogP contribution in [0.2, 0.25) is 0 Å². The highest BCUT2D eigenvalue weighted by Gasteiger charge is 2.00. The average molecular weight is 277 g/mol. The highest BCUT2D eigenvalue weighted by molar-refractivity contribution is 14.1. The van der Waals surface area contributed by atoms with Crippen LogP contribution in [0, 0.1) is 9.85 Å². The normalized spacial score (nSPS) is 11.5. The molecule has 1 aromatic rings. The van der Waals surface area contributed by atoms with Gasteiger partial charge < -0.3 is 0 Å². The molecular formula is C9H6ClI. The molecule has 0 saturated heterocycles. The number of rotatable bonds is 1. The van der Waals surface area contributed by atoms with Crippen LogP contribution in [0.3, 0.4) is 0 Å². The van der Waals surface area contributed by atoms with Gasteiger partial charge in [0, 0.05) is 22.6 Å². The zero-order valence-corrected chi connectivity index (χ0v) is 8.63. The minimum Gasteiger partial charge on any atom is -0.103 e. The van der Waals surface area contributed by atoms with Gasteiger partial charge >= 0.3 is 0 Å². The van der Waals surface area contributed by atoms with Crippen LogP contribution >= 0.6 is 34.2 Å². The molecule has 0 N–H and O–H groups in total. The lowest BCUT2D eigenvalue weighted by molar-refractivity contribution is 1.26. The molecule has 0 aromatic heterocycles. The first-order chi connectivity index (χ1) is 5.34. The van der Waals surface area contributed by atoms with E-state index in [4.69, 9.17) is 11.6 Å². The third-order valence-electron chi connectivity index (χ3n) is 1.27. The molecule has 0 aliphatic heterocycles. The summed E-state index contributed by atoms with van der Waals surface area (Å²) in [5, 5.41) is -0.173. The van der Waals surface area contributed by atoms with Gasteiger partial charge in [-0.25, -0.2) is 0 Å². The van der Waals surface area contributed by atoms with Crippen molar-refractivity contribution in [3.8, 4) is 9.85 Å². The van der Waals surface area contributed by atoms with Crippen LogP contribution in [-0.2, 0) is 0 Å². The van der Waals surface area contributed by atoms with Crippen LogP contribution in [-0.4, -0.2) is 0 Å². The highest BCUT2D eigenvalue weighted by atomic mass is 127. The van der Waals surface area contributed by atoms with Crippen molar-refractivity contribution in [2.45, 2.75) is 5.38 Å². The minimum absolute atomic E-state index is 0.173. The fraction of sp³-hybridized carbons (Fsp3) is 0.111. The maximum atomic E-state index is 5.93. The summed E-state index contributed by atoms with van der Waals surface area (Å²) in [6.45, 7) is 0. The third-order valence-corrected chi connectivity index (χ3v) is 1.95. The van der Waals surface area contributed by atoms with Crippen molar-refractivity contribution in [2.24, 2.45) is 0 Å². The monoisotopic (exact) mass is 276 g/mol. The molecule has 0 aliphatic carbocycles. The molecular weight excluding hydrogens is 270 g/mol. The largest absolute Gasteiger partial charge is 0.120 e. The van der Waals surface area contributed by atoms with Gasteiger partial charge in [-0.1, -0.05) is 36.3 Å². The summed E-state index contributed by atoms with van der Waals surface area (Å²) in [6, 6.07) is 9.82. The quantitative estimate of drug-likeness (QED) is 0.419. The SMILES string of the molecule is ClC(C#CI)c1ccccc1. The molecule has 0 bridgehead atoms. The Morgan fingerprint density at radius 1 is 1.27 bits per heavy atom. The molecule has 11 heavy (non-hydrogen) atoms. The second-order valence-electron chi connectivity index (χ2n) is 2.01. The van der Waals surface area contributed by atoms with E-state index in [0.29, 0.717) is 0 Å². The summed E-state index contributed by atoms with van der Waals surface area (Å²) >= 11 is 7.91. The molecule has 56 valence electrons. The summed E-state index contributed by atoms with van der Waals surface area (Å²) in [5.41, 5.74) is 1.05. The van der Waals surface area contributed by atoms with E-state index < -0.39 is 0 Å². The highest BCUT2D eigenvalue weighted by Crippen LogP contribution is 2.18. The first kappa shape index (κ1) is 8.89. The molecule has 1 rings (SSSR count). The van der Waals surface area contributed by atoms with Gasteiger partial charge in [-0.2, -0.15) is 0 Å². The molecule has 0 fully saturated rings. The summed E-state index contributed by atoms with van der Waals surface area (Å²) in [4.78, 5) is 0. The minimum atomic E-state index is -0.173. The molecule has 2 heteroatoms. The van der Waals surface area contributed by atoms with E-state index in [-0.39, 0.29) is 5.38 Å². The summed E-state index contributed by atoms with van der Waals surface area (Å²) in [7, 11) is 0. The van der Waals surface area contributed by atoms with E-state index in [1.54, 1.807) is 0 Å². The van der Waals surface area contributed by atoms with Crippen LogP contribution in [0.5, 0.6) is 0 Å². The number of alkyl halides is 1. The van der Waals surface area contributed by atoms with Crippen molar-refractivity contribution >= 4 is 34.2 Å². The van der Waals surface area contributed by atoms with Crippen LogP contribution in [0.1, 0.15) is 10.9 Å². The van der Waals surface area contributed by atoms with E-state index in [9.17, 15) is 0 Å². The molecule has 0 spiro atoms. The van der Waals surface area contributed by atoms with Crippen molar-refractivity contribution in [3.63, 3.8) is 0 Å². The van der Waals surface area contributed by atoms with Crippen molar-refractivity contribution in [2.75, 3.05) is 0 Å². The molecule has 0 nitrogen and oxygen atoms in total. The third kappa shape index (κ3) is 2.72. The number of hydrogen-bond donors (Lipinski definition) is 0. The molecule has 0 heterocycles. The maximum Gasteiger partial charge on any atom is 0.120 e. The molecule has 0 saturated carbocycles. The summed E-state index contributed by atoms with van der Waals surface area (Å²) in [5.74, 6) is 2.86. The predicted octanol–water partition coefficient (Wildman–Crippen LogP) is 3.36. The topological polar surface area (TPSA) is 0 Å². The van der Waals surface area contributed by atoms with Gasteiger partial charge in [-0.05, 0) is 9.49 Å². The van der Waals surface area contributed by atoms with Gasteiger partial charge in [-0.15, -0.1) is 11.6 Å². The second kappa shape index (κ2) is 4.63. The Morgan fingerprint density at radius 3 is 2.45 bits per heavy atom. The van der Waals surface area contributed by atoms with Crippen LogP contribution in [0.15, 0.2) is 30.3 Å². The lowest BCUT2D eigenvalue weighted by atomic mass is 10.2. The van der Waals surface area contributed by atoms with Gasteiger partial charge in [0.05, 0.1) is 0 Å². The first-order valence-electron chi connectivity index (χ1n) is 3.15. The van der Waals surface area contributed by atoms with Crippen molar-refractivity contribution in [1.29, 1.82) is 0 Å². The maximum absolute atomic E-state index is 5.93. The summed E-state index contributed by atoms with van der Waals surface area (Å²) < 4.78 is 2.75. The van der Waals surface area contributed by atoms with Crippen LogP contribution < -0.4 is 0 Å². The number of halogens is 2. The van der Waals surface area contributed by atoms with E-state index in [0.717, 1.165) is 5.56 Å². The lowest BCUT2D eigenvalue weighted by Gasteiger charge is -1.99. The van der Waals surface area contributed by atoms with Crippen LogP contribution in [0.4, 0.5) is 0 Å².